The summed E-state index contributed by atoms with van der Waals surface area (Å²) in [6.45, 7) is 0.538. The first-order chi connectivity index (χ1) is 8.77. The fourth-order valence-corrected chi connectivity index (χ4v) is 3.80. The van der Waals surface area contributed by atoms with Gasteiger partial charge in [-0.3, -0.25) is 9.59 Å². The molecule has 1 amide bonds. The van der Waals surface area contributed by atoms with Crippen LogP contribution < -0.4 is 4.90 Å². The van der Waals surface area contributed by atoms with Crippen molar-refractivity contribution in [3.8, 4) is 0 Å². The summed E-state index contributed by atoms with van der Waals surface area (Å²) in [6, 6.07) is 7.45. The van der Waals surface area contributed by atoms with Crippen molar-refractivity contribution in [2.24, 2.45) is 5.92 Å². The predicted molar refractivity (Wildman–Crippen MR) is 73.2 cm³/mol. The highest BCUT2D eigenvalue weighted by Crippen LogP contribution is 2.31. The lowest BCUT2D eigenvalue weighted by Crippen LogP contribution is -2.41. The maximum Gasteiger partial charge on any atom is 0.230 e. The first-order valence-corrected chi connectivity index (χ1v) is 7.44. The van der Waals surface area contributed by atoms with Crippen LogP contribution in [-0.2, 0) is 4.79 Å². The number of benzene rings is 1. The van der Waals surface area contributed by atoms with Crippen molar-refractivity contribution in [2.75, 3.05) is 23.0 Å². The van der Waals surface area contributed by atoms with E-state index in [9.17, 15) is 9.59 Å². The number of carbonyl (C=O) groups is 2. The van der Waals surface area contributed by atoms with Gasteiger partial charge in [-0.05, 0) is 24.3 Å². The lowest BCUT2D eigenvalue weighted by Gasteiger charge is -2.30. The van der Waals surface area contributed by atoms with Crippen LogP contribution in [0.4, 0.5) is 5.69 Å². The Morgan fingerprint density at radius 1 is 1.33 bits per heavy atom. The van der Waals surface area contributed by atoms with Crippen molar-refractivity contribution in [1.29, 1.82) is 0 Å². The molecule has 3 nitrogen and oxygen atoms in total. The van der Waals surface area contributed by atoms with Gasteiger partial charge in [-0.15, -0.1) is 0 Å². The number of thioether (sulfide) groups is 1. The molecule has 2 aliphatic rings. The SMILES string of the molecule is O=C1CCN(C(=O)C2CCSC2)c2ccccc21. The molecule has 0 aliphatic carbocycles. The van der Waals surface area contributed by atoms with Gasteiger partial charge in [0.2, 0.25) is 5.91 Å². The Morgan fingerprint density at radius 2 is 2.17 bits per heavy atom. The van der Waals surface area contributed by atoms with Gasteiger partial charge in [-0.2, -0.15) is 11.8 Å². The van der Waals surface area contributed by atoms with Crippen molar-refractivity contribution >= 4 is 29.1 Å². The van der Waals surface area contributed by atoms with E-state index in [2.05, 4.69) is 0 Å². The molecular formula is C14H15NO2S. The summed E-state index contributed by atoms with van der Waals surface area (Å²) in [6.07, 6.45) is 1.42. The average molecular weight is 261 g/mol. The van der Waals surface area contributed by atoms with Gasteiger partial charge in [0.1, 0.15) is 0 Å². The van der Waals surface area contributed by atoms with Gasteiger partial charge in [0.05, 0.1) is 5.69 Å². The van der Waals surface area contributed by atoms with E-state index in [1.165, 1.54) is 0 Å². The van der Waals surface area contributed by atoms with Crippen molar-refractivity contribution in [3.63, 3.8) is 0 Å². The van der Waals surface area contributed by atoms with Gasteiger partial charge in [0.25, 0.3) is 0 Å². The van der Waals surface area contributed by atoms with E-state index >= 15 is 0 Å². The molecule has 18 heavy (non-hydrogen) atoms. The highest BCUT2D eigenvalue weighted by Gasteiger charge is 2.32. The van der Waals surface area contributed by atoms with Crippen LogP contribution in [0.3, 0.4) is 0 Å². The summed E-state index contributed by atoms with van der Waals surface area (Å²) in [4.78, 5) is 26.1. The minimum atomic E-state index is 0.135. The van der Waals surface area contributed by atoms with Gasteiger partial charge >= 0.3 is 0 Å². The molecular weight excluding hydrogens is 246 g/mol. The maximum atomic E-state index is 12.5. The van der Waals surface area contributed by atoms with Crippen molar-refractivity contribution in [1.82, 2.24) is 0 Å². The van der Waals surface area contributed by atoms with Crippen LogP contribution in [-0.4, -0.2) is 29.7 Å². The fraction of sp³-hybridized carbons (Fsp3) is 0.429. The zero-order valence-electron chi connectivity index (χ0n) is 10.1. The smallest absolute Gasteiger partial charge is 0.230 e. The Labute approximate surface area is 111 Å². The van der Waals surface area contributed by atoms with Crippen LogP contribution >= 0.6 is 11.8 Å². The van der Waals surface area contributed by atoms with Gasteiger partial charge < -0.3 is 4.90 Å². The second-order valence-electron chi connectivity index (χ2n) is 4.74. The summed E-state index contributed by atoms with van der Waals surface area (Å²) in [5.41, 5.74) is 1.50. The molecule has 3 rings (SSSR count). The van der Waals surface area contributed by atoms with Gasteiger partial charge in [-0.25, -0.2) is 0 Å². The van der Waals surface area contributed by atoms with E-state index in [1.807, 2.05) is 40.9 Å². The molecule has 1 fully saturated rings. The number of fused-ring (bicyclic) bond motifs is 1. The third kappa shape index (κ3) is 1.94. The molecule has 0 N–H and O–H groups in total. The molecule has 94 valence electrons. The Morgan fingerprint density at radius 3 is 2.94 bits per heavy atom. The predicted octanol–water partition coefficient (Wildman–Crippen LogP) is 2.36. The third-order valence-electron chi connectivity index (χ3n) is 3.60. The topological polar surface area (TPSA) is 37.4 Å². The first kappa shape index (κ1) is 11.8. The molecule has 1 saturated heterocycles. The molecule has 0 spiro atoms. The van der Waals surface area contributed by atoms with E-state index in [0.717, 1.165) is 23.6 Å². The number of carbonyl (C=O) groups excluding carboxylic acids is 2. The molecule has 1 unspecified atom stereocenters. The zero-order chi connectivity index (χ0) is 12.5. The van der Waals surface area contributed by atoms with Crippen molar-refractivity contribution in [3.05, 3.63) is 29.8 Å². The van der Waals surface area contributed by atoms with Crippen LogP contribution in [0.5, 0.6) is 0 Å². The van der Waals surface area contributed by atoms with Gasteiger partial charge in [0.15, 0.2) is 5.78 Å². The van der Waals surface area contributed by atoms with Crippen LogP contribution in [0.2, 0.25) is 0 Å². The molecule has 2 aliphatic heterocycles. The number of ketones is 1. The summed E-state index contributed by atoms with van der Waals surface area (Å²) in [7, 11) is 0. The summed E-state index contributed by atoms with van der Waals surface area (Å²) in [5, 5.41) is 0. The average Bonchev–Trinajstić information content (AvgIpc) is 2.93. The quantitative estimate of drug-likeness (QED) is 0.779. The number of amides is 1. The fourth-order valence-electron chi connectivity index (χ4n) is 2.59. The first-order valence-electron chi connectivity index (χ1n) is 6.29. The maximum absolute atomic E-state index is 12.5. The van der Waals surface area contributed by atoms with E-state index < -0.39 is 0 Å². The molecule has 0 bridgehead atoms. The largest absolute Gasteiger partial charge is 0.311 e. The number of hydrogen-bond acceptors (Lipinski definition) is 3. The van der Waals surface area contributed by atoms with E-state index in [4.69, 9.17) is 0 Å². The minimum Gasteiger partial charge on any atom is -0.311 e. The summed E-state index contributed by atoms with van der Waals surface area (Å²) >= 11 is 1.84. The number of hydrogen-bond donors (Lipinski definition) is 0. The standard InChI is InChI=1S/C14H15NO2S/c16-13-5-7-15(12-4-2-1-3-11(12)13)14(17)10-6-8-18-9-10/h1-4,10H,5-9H2. The second kappa shape index (κ2) is 4.76. The molecule has 0 saturated carbocycles. The normalized spacial score (nSPS) is 23.0. The van der Waals surface area contributed by atoms with E-state index in [-0.39, 0.29) is 17.6 Å². The van der Waals surface area contributed by atoms with Crippen LogP contribution in [0.25, 0.3) is 0 Å². The highest BCUT2D eigenvalue weighted by atomic mass is 32.2. The monoisotopic (exact) mass is 261 g/mol. The summed E-state index contributed by atoms with van der Waals surface area (Å²) in [5.74, 6) is 2.47. The molecule has 4 heteroatoms. The highest BCUT2D eigenvalue weighted by molar-refractivity contribution is 7.99. The molecule has 1 aromatic rings. The number of para-hydroxylation sites is 1. The number of nitrogens with zero attached hydrogens (tertiary/aromatic N) is 1. The number of Topliss-reactive ketones (excluding diaryl/α,β-unsaturated/α-hetero) is 1. The lowest BCUT2D eigenvalue weighted by atomic mass is 9.98. The molecule has 1 atom stereocenters. The minimum absolute atomic E-state index is 0.135. The third-order valence-corrected chi connectivity index (χ3v) is 4.77. The van der Waals surface area contributed by atoms with Crippen molar-refractivity contribution in [2.45, 2.75) is 12.8 Å². The van der Waals surface area contributed by atoms with Gasteiger partial charge in [-0.1, -0.05) is 12.1 Å². The summed E-state index contributed by atoms with van der Waals surface area (Å²) < 4.78 is 0. The number of anilines is 1. The lowest BCUT2D eigenvalue weighted by molar-refractivity contribution is -0.121. The Balaban J connectivity index is 1.92. The van der Waals surface area contributed by atoms with Gasteiger partial charge in [0, 0.05) is 30.2 Å². The van der Waals surface area contributed by atoms with E-state index in [1.54, 1.807) is 0 Å². The number of rotatable bonds is 1. The molecule has 0 radical (unpaired) electrons. The van der Waals surface area contributed by atoms with Crippen LogP contribution in [0, 0.1) is 5.92 Å². The Kier molecular flexibility index (Phi) is 3.12. The Bertz CT molecular complexity index is 494. The van der Waals surface area contributed by atoms with Crippen LogP contribution in [0.1, 0.15) is 23.2 Å². The van der Waals surface area contributed by atoms with E-state index in [0.29, 0.717) is 18.5 Å². The second-order valence-corrected chi connectivity index (χ2v) is 5.89. The molecule has 1 aromatic carbocycles. The van der Waals surface area contributed by atoms with Crippen molar-refractivity contribution < 1.29 is 9.59 Å². The molecule has 0 aromatic heterocycles. The molecule has 2 heterocycles. The zero-order valence-corrected chi connectivity index (χ0v) is 10.9. The van der Waals surface area contributed by atoms with Crippen LogP contribution in [0.15, 0.2) is 24.3 Å². The Hall–Kier alpha value is -1.29.